The summed E-state index contributed by atoms with van der Waals surface area (Å²) in [6, 6.07) is 4.61. The van der Waals surface area contributed by atoms with Gasteiger partial charge in [0.1, 0.15) is 5.82 Å². The van der Waals surface area contributed by atoms with Crippen LogP contribution < -0.4 is 0 Å². The van der Waals surface area contributed by atoms with Gasteiger partial charge >= 0.3 is 5.97 Å². The summed E-state index contributed by atoms with van der Waals surface area (Å²) < 4.78 is 19.0. The molecule has 1 aliphatic rings. The van der Waals surface area contributed by atoms with Gasteiger partial charge in [0.15, 0.2) is 0 Å². The summed E-state index contributed by atoms with van der Waals surface area (Å²) in [4.78, 5) is 10.4. The van der Waals surface area contributed by atoms with E-state index in [-0.39, 0.29) is 5.56 Å². The summed E-state index contributed by atoms with van der Waals surface area (Å²) >= 11 is 0. The Morgan fingerprint density at radius 1 is 1.50 bits per heavy atom. The molecular weight excluding hydrogens is 235 g/mol. The van der Waals surface area contributed by atoms with Crippen LogP contribution in [0.4, 0.5) is 4.39 Å². The van der Waals surface area contributed by atoms with E-state index in [0.29, 0.717) is 12.7 Å². The van der Waals surface area contributed by atoms with Crippen molar-refractivity contribution in [3.63, 3.8) is 0 Å². The first-order chi connectivity index (χ1) is 8.65. The van der Waals surface area contributed by atoms with Crippen molar-refractivity contribution < 1.29 is 19.0 Å². The monoisotopic (exact) mass is 250 g/mol. The van der Waals surface area contributed by atoms with Gasteiger partial charge in [0.05, 0.1) is 12.7 Å². The highest BCUT2D eigenvalue weighted by molar-refractivity contribution is 5.85. The number of carboxylic acids is 1. The van der Waals surface area contributed by atoms with Crippen molar-refractivity contribution >= 4 is 12.0 Å². The lowest BCUT2D eigenvalue weighted by Crippen LogP contribution is -2.21. The molecule has 96 valence electrons. The number of aliphatic carboxylic acids is 1. The molecule has 1 fully saturated rings. The van der Waals surface area contributed by atoms with Crippen LogP contribution in [-0.4, -0.2) is 17.2 Å². The molecule has 0 bridgehead atoms. The molecule has 3 nitrogen and oxygen atoms in total. The van der Waals surface area contributed by atoms with Crippen LogP contribution >= 0.6 is 0 Å². The van der Waals surface area contributed by atoms with Gasteiger partial charge in [-0.3, -0.25) is 0 Å². The zero-order valence-corrected chi connectivity index (χ0v) is 9.93. The van der Waals surface area contributed by atoms with E-state index in [0.717, 1.165) is 24.5 Å². The fraction of sp³-hybridized carbons (Fsp3) is 0.357. The second-order valence-electron chi connectivity index (χ2n) is 4.39. The van der Waals surface area contributed by atoms with Crippen molar-refractivity contribution in [1.82, 2.24) is 0 Å². The van der Waals surface area contributed by atoms with Gasteiger partial charge in [-0.1, -0.05) is 6.07 Å². The van der Waals surface area contributed by atoms with Crippen molar-refractivity contribution in [3.05, 3.63) is 41.2 Å². The van der Waals surface area contributed by atoms with Crippen LogP contribution in [0.1, 0.15) is 30.4 Å². The lowest BCUT2D eigenvalue weighted by molar-refractivity contribution is -0.131. The molecule has 0 aromatic heterocycles. The number of carbonyl (C=O) groups is 1. The fourth-order valence-corrected chi connectivity index (χ4v) is 1.72. The number of rotatable bonds is 5. The van der Waals surface area contributed by atoms with E-state index in [1.807, 2.05) is 0 Å². The summed E-state index contributed by atoms with van der Waals surface area (Å²) in [6.07, 6.45) is 5.90. The van der Waals surface area contributed by atoms with Crippen LogP contribution in [0.5, 0.6) is 0 Å². The van der Waals surface area contributed by atoms with Gasteiger partial charge in [0.2, 0.25) is 0 Å². The van der Waals surface area contributed by atoms with Crippen LogP contribution in [0.25, 0.3) is 6.08 Å². The van der Waals surface area contributed by atoms with E-state index in [9.17, 15) is 9.18 Å². The Morgan fingerprint density at radius 2 is 2.28 bits per heavy atom. The second kappa shape index (κ2) is 5.78. The molecule has 0 radical (unpaired) electrons. The third-order valence-electron chi connectivity index (χ3n) is 3.00. The highest BCUT2D eigenvalue weighted by Gasteiger charge is 2.17. The van der Waals surface area contributed by atoms with Crippen molar-refractivity contribution in [2.24, 2.45) is 0 Å². The molecule has 0 atom stereocenters. The van der Waals surface area contributed by atoms with E-state index in [1.54, 1.807) is 12.1 Å². The third kappa shape index (κ3) is 3.40. The predicted molar refractivity (Wildman–Crippen MR) is 65.5 cm³/mol. The summed E-state index contributed by atoms with van der Waals surface area (Å²) in [6.45, 7) is 0.443. The minimum absolute atomic E-state index is 0.270. The maximum atomic E-state index is 13.4. The van der Waals surface area contributed by atoms with Crippen molar-refractivity contribution in [2.75, 3.05) is 0 Å². The molecule has 1 aromatic carbocycles. The Hall–Kier alpha value is -1.68. The van der Waals surface area contributed by atoms with Gasteiger partial charge in [0.25, 0.3) is 0 Å². The molecule has 0 aliphatic heterocycles. The molecule has 0 spiro atoms. The first-order valence-electron chi connectivity index (χ1n) is 5.96. The number of hydrogen-bond acceptors (Lipinski definition) is 2. The number of benzene rings is 1. The van der Waals surface area contributed by atoms with Crippen molar-refractivity contribution in [3.8, 4) is 0 Å². The molecule has 2 rings (SSSR count). The molecule has 0 heterocycles. The third-order valence-corrected chi connectivity index (χ3v) is 3.00. The van der Waals surface area contributed by atoms with Crippen LogP contribution in [-0.2, 0) is 16.1 Å². The van der Waals surface area contributed by atoms with E-state index in [1.165, 1.54) is 18.6 Å². The zero-order chi connectivity index (χ0) is 13.0. The summed E-state index contributed by atoms with van der Waals surface area (Å²) in [5, 5.41) is 8.52. The van der Waals surface area contributed by atoms with Crippen LogP contribution in [0.2, 0.25) is 0 Å². The maximum absolute atomic E-state index is 13.4. The minimum Gasteiger partial charge on any atom is -0.478 e. The van der Waals surface area contributed by atoms with E-state index in [4.69, 9.17) is 9.84 Å². The molecule has 4 heteroatoms. The highest BCUT2D eigenvalue weighted by Crippen LogP contribution is 2.23. The topological polar surface area (TPSA) is 46.5 Å². The smallest absolute Gasteiger partial charge is 0.328 e. The molecule has 1 saturated carbocycles. The number of halogens is 1. The molecule has 1 aliphatic carbocycles. The number of hydrogen-bond donors (Lipinski definition) is 1. The molecule has 0 amide bonds. The van der Waals surface area contributed by atoms with Crippen molar-refractivity contribution in [2.45, 2.75) is 32.0 Å². The lowest BCUT2D eigenvalue weighted by Gasteiger charge is -2.25. The second-order valence-corrected chi connectivity index (χ2v) is 4.39. The van der Waals surface area contributed by atoms with Gasteiger partial charge in [-0.25, -0.2) is 9.18 Å². The van der Waals surface area contributed by atoms with Gasteiger partial charge in [-0.2, -0.15) is 0 Å². The molecule has 0 unspecified atom stereocenters. The zero-order valence-electron chi connectivity index (χ0n) is 9.93. The standard InChI is InChI=1S/C14H15FO3/c15-13-6-4-10(9-18-12-2-1-3-12)8-11(13)5-7-14(16)17/h4-8,12H,1-3,9H2,(H,16,17)/b7-5+. The average molecular weight is 250 g/mol. The van der Waals surface area contributed by atoms with Crippen molar-refractivity contribution in [1.29, 1.82) is 0 Å². The molecule has 0 saturated heterocycles. The van der Waals surface area contributed by atoms with Crippen LogP contribution in [0.15, 0.2) is 24.3 Å². The Morgan fingerprint density at radius 3 is 2.89 bits per heavy atom. The molecule has 18 heavy (non-hydrogen) atoms. The molecule has 1 aromatic rings. The van der Waals surface area contributed by atoms with E-state index < -0.39 is 11.8 Å². The maximum Gasteiger partial charge on any atom is 0.328 e. The predicted octanol–water partition coefficient (Wildman–Crippen LogP) is 2.99. The first kappa shape index (κ1) is 12.8. The van der Waals surface area contributed by atoms with Gasteiger partial charge in [-0.05, 0) is 43.0 Å². The quantitative estimate of drug-likeness (QED) is 0.817. The van der Waals surface area contributed by atoms with E-state index in [2.05, 4.69) is 0 Å². The normalized spacial score (nSPS) is 15.8. The summed E-state index contributed by atoms with van der Waals surface area (Å²) in [7, 11) is 0. The van der Waals surface area contributed by atoms with Gasteiger partial charge in [-0.15, -0.1) is 0 Å². The highest BCUT2D eigenvalue weighted by atomic mass is 19.1. The summed E-state index contributed by atoms with van der Waals surface area (Å²) in [5.41, 5.74) is 1.13. The van der Waals surface area contributed by atoms with Gasteiger partial charge < -0.3 is 9.84 Å². The molecular formula is C14H15FO3. The van der Waals surface area contributed by atoms with Crippen LogP contribution in [0, 0.1) is 5.82 Å². The summed E-state index contributed by atoms with van der Waals surface area (Å²) in [5.74, 6) is -1.52. The molecule has 1 N–H and O–H groups in total. The van der Waals surface area contributed by atoms with E-state index >= 15 is 0 Å². The number of ether oxygens (including phenoxy) is 1. The van der Waals surface area contributed by atoms with Gasteiger partial charge in [0, 0.05) is 11.6 Å². The first-order valence-corrected chi connectivity index (χ1v) is 5.96. The lowest BCUT2D eigenvalue weighted by atomic mass is 9.96. The largest absolute Gasteiger partial charge is 0.478 e. The Balaban J connectivity index is 2.02. The Bertz CT molecular complexity index is 464. The minimum atomic E-state index is -1.09. The van der Waals surface area contributed by atoms with Crippen LogP contribution in [0.3, 0.4) is 0 Å². The fourth-order valence-electron chi connectivity index (χ4n) is 1.72. The SMILES string of the molecule is O=C(O)/C=C/c1cc(COC2CCC2)ccc1F. The Kier molecular flexibility index (Phi) is 4.10. The average Bonchev–Trinajstić information content (AvgIpc) is 2.27. The Labute approximate surface area is 105 Å². The number of carboxylic acid groups (broad SMARTS) is 1.